The molecule has 0 fully saturated rings. The van der Waals surface area contributed by atoms with Gasteiger partial charge in [-0.1, -0.05) is 0 Å². The van der Waals surface area contributed by atoms with Crippen molar-refractivity contribution >= 4 is 17.5 Å². The molecule has 0 amide bonds. The fourth-order valence-electron chi connectivity index (χ4n) is 1.11. The number of ketones is 1. The third-order valence-electron chi connectivity index (χ3n) is 1.98. The summed E-state index contributed by atoms with van der Waals surface area (Å²) in [5, 5.41) is 26.9. The summed E-state index contributed by atoms with van der Waals surface area (Å²) < 4.78 is 0. The fraction of sp³-hybridized carbons (Fsp3) is 0.364. The fourth-order valence-corrected chi connectivity index (χ4v) is 1.94. The van der Waals surface area contributed by atoms with Crippen LogP contribution in [0.2, 0.25) is 0 Å². The summed E-state index contributed by atoms with van der Waals surface area (Å²) in [5.74, 6) is 0.421. The first-order valence-electron chi connectivity index (χ1n) is 4.89. The highest BCUT2D eigenvalue weighted by atomic mass is 32.2. The molecule has 0 saturated heterocycles. The molecular formula is C11H14O4S. The normalized spacial score (nSPS) is 10.3. The maximum absolute atomic E-state index is 11.6. The zero-order valence-electron chi connectivity index (χ0n) is 8.72. The van der Waals surface area contributed by atoms with Crippen molar-refractivity contribution in [1.82, 2.24) is 0 Å². The van der Waals surface area contributed by atoms with Crippen molar-refractivity contribution in [3.63, 3.8) is 0 Å². The van der Waals surface area contributed by atoms with Crippen LogP contribution in [0.4, 0.5) is 0 Å². The Hall–Kier alpha value is -1.20. The lowest BCUT2D eigenvalue weighted by atomic mass is 10.1. The third-order valence-corrected chi connectivity index (χ3v) is 3.02. The molecule has 4 nitrogen and oxygen atoms in total. The van der Waals surface area contributed by atoms with Crippen LogP contribution in [0.5, 0.6) is 11.5 Å². The van der Waals surface area contributed by atoms with Crippen LogP contribution in [-0.4, -0.2) is 39.2 Å². The number of thioether (sulfide) groups is 1. The molecule has 0 bridgehead atoms. The molecule has 16 heavy (non-hydrogen) atoms. The molecule has 0 spiro atoms. The number of hydrogen-bond acceptors (Lipinski definition) is 5. The molecule has 0 aliphatic rings. The molecule has 0 unspecified atom stereocenters. The van der Waals surface area contributed by atoms with Gasteiger partial charge in [-0.25, -0.2) is 0 Å². The Balaban J connectivity index is 2.50. The molecule has 0 aromatic heterocycles. The van der Waals surface area contributed by atoms with Gasteiger partial charge < -0.3 is 15.3 Å². The molecule has 1 rings (SSSR count). The predicted molar refractivity (Wildman–Crippen MR) is 63.1 cm³/mol. The second-order valence-electron chi connectivity index (χ2n) is 3.26. The number of aromatic hydroxyl groups is 2. The lowest BCUT2D eigenvalue weighted by molar-refractivity contribution is 0.102. The van der Waals surface area contributed by atoms with E-state index in [1.165, 1.54) is 30.0 Å². The number of Topliss-reactive ketones (excluding diaryl/α,β-unsaturated/α-hetero) is 1. The molecule has 1 aromatic rings. The number of hydrogen-bond donors (Lipinski definition) is 3. The van der Waals surface area contributed by atoms with Gasteiger partial charge in [-0.15, -0.1) is 0 Å². The zero-order valence-corrected chi connectivity index (χ0v) is 9.54. The molecule has 0 saturated carbocycles. The van der Waals surface area contributed by atoms with Crippen molar-refractivity contribution < 1.29 is 20.1 Å². The van der Waals surface area contributed by atoms with Crippen LogP contribution in [-0.2, 0) is 0 Å². The number of phenols is 2. The molecule has 88 valence electrons. The van der Waals surface area contributed by atoms with E-state index in [2.05, 4.69) is 0 Å². The summed E-state index contributed by atoms with van der Waals surface area (Å²) >= 11 is 1.44. The average molecular weight is 242 g/mol. The highest BCUT2D eigenvalue weighted by Crippen LogP contribution is 2.25. The minimum Gasteiger partial charge on any atom is -0.504 e. The summed E-state index contributed by atoms with van der Waals surface area (Å²) in [6.45, 7) is 0.126. The Morgan fingerprint density at radius 2 is 2.00 bits per heavy atom. The van der Waals surface area contributed by atoms with Gasteiger partial charge in [0, 0.05) is 12.2 Å². The van der Waals surface area contributed by atoms with E-state index >= 15 is 0 Å². The van der Waals surface area contributed by atoms with Crippen molar-refractivity contribution in [2.75, 3.05) is 18.1 Å². The number of benzene rings is 1. The van der Waals surface area contributed by atoms with Gasteiger partial charge in [0.15, 0.2) is 17.3 Å². The van der Waals surface area contributed by atoms with Crippen LogP contribution >= 0.6 is 11.8 Å². The third kappa shape index (κ3) is 3.75. The molecule has 0 radical (unpaired) electrons. The van der Waals surface area contributed by atoms with Crippen molar-refractivity contribution in [1.29, 1.82) is 0 Å². The van der Waals surface area contributed by atoms with E-state index in [1.54, 1.807) is 0 Å². The first-order valence-corrected chi connectivity index (χ1v) is 6.04. The van der Waals surface area contributed by atoms with Gasteiger partial charge in [0.2, 0.25) is 0 Å². The van der Waals surface area contributed by atoms with E-state index in [0.717, 1.165) is 5.75 Å². The van der Waals surface area contributed by atoms with Crippen LogP contribution in [0.3, 0.4) is 0 Å². The van der Waals surface area contributed by atoms with Crippen LogP contribution in [0.15, 0.2) is 18.2 Å². The van der Waals surface area contributed by atoms with Gasteiger partial charge in [-0.05, 0) is 30.4 Å². The Bertz CT molecular complexity index is 365. The van der Waals surface area contributed by atoms with Crippen LogP contribution in [0, 0.1) is 0 Å². The predicted octanol–water partition coefficient (Wildman–Crippen LogP) is 1.40. The SMILES string of the molecule is O=C(CSCCCO)c1ccc(O)c(O)c1. The van der Waals surface area contributed by atoms with Gasteiger partial charge in [-0.2, -0.15) is 11.8 Å². The molecule has 0 heterocycles. The number of rotatable bonds is 6. The zero-order chi connectivity index (χ0) is 12.0. The average Bonchev–Trinajstić information content (AvgIpc) is 2.28. The van der Waals surface area contributed by atoms with Crippen molar-refractivity contribution in [3.05, 3.63) is 23.8 Å². The van der Waals surface area contributed by atoms with Gasteiger partial charge in [0.05, 0.1) is 5.75 Å². The standard InChI is InChI=1S/C11H14O4S/c12-4-1-5-16-7-11(15)8-2-3-9(13)10(14)6-8/h2-3,6,12-14H,1,4-5,7H2. The first kappa shape index (κ1) is 12.9. The van der Waals surface area contributed by atoms with E-state index in [-0.39, 0.29) is 23.9 Å². The monoisotopic (exact) mass is 242 g/mol. The molecule has 0 atom stereocenters. The lowest BCUT2D eigenvalue weighted by Gasteiger charge is -2.02. The minimum atomic E-state index is -0.286. The molecule has 3 N–H and O–H groups in total. The highest BCUT2D eigenvalue weighted by Gasteiger charge is 2.08. The second-order valence-corrected chi connectivity index (χ2v) is 4.36. The van der Waals surface area contributed by atoms with Crippen molar-refractivity contribution in [3.8, 4) is 11.5 Å². The van der Waals surface area contributed by atoms with Crippen LogP contribution in [0.25, 0.3) is 0 Å². The maximum Gasteiger partial charge on any atom is 0.172 e. The van der Waals surface area contributed by atoms with E-state index in [1.807, 2.05) is 0 Å². The Morgan fingerprint density at radius 1 is 1.25 bits per heavy atom. The van der Waals surface area contributed by atoms with Gasteiger partial charge in [-0.3, -0.25) is 4.79 Å². The Morgan fingerprint density at radius 3 is 2.62 bits per heavy atom. The van der Waals surface area contributed by atoms with Gasteiger partial charge >= 0.3 is 0 Å². The Kier molecular flexibility index (Phi) is 5.14. The topological polar surface area (TPSA) is 77.8 Å². The minimum absolute atomic E-state index is 0.0989. The number of aliphatic hydroxyl groups is 1. The van der Waals surface area contributed by atoms with Crippen molar-refractivity contribution in [2.45, 2.75) is 6.42 Å². The van der Waals surface area contributed by atoms with E-state index in [4.69, 9.17) is 10.2 Å². The molecule has 1 aromatic carbocycles. The van der Waals surface area contributed by atoms with Crippen LogP contribution < -0.4 is 0 Å². The molecule has 0 aliphatic heterocycles. The van der Waals surface area contributed by atoms with Crippen LogP contribution in [0.1, 0.15) is 16.8 Å². The largest absolute Gasteiger partial charge is 0.504 e. The summed E-state index contributed by atoms with van der Waals surface area (Å²) in [6, 6.07) is 4.02. The molecule has 0 aliphatic carbocycles. The maximum atomic E-state index is 11.6. The summed E-state index contributed by atoms with van der Waals surface area (Å²) in [4.78, 5) is 11.6. The molecule has 5 heteroatoms. The van der Waals surface area contributed by atoms with Crippen molar-refractivity contribution in [2.24, 2.45) is 0 Å². The van der Waals surface area contributed by atoms with Gasteiger partial charge in [0.25, 0.3) is 0 Å². The second kappa shape index (κ2) is 6.40. The summed E-state index contributed by atoms with van der Waals surface area (Å²) in [6.07, 6.45) is 0.665. The number of aliphatic hydroxyl groups excluding tert-OH is 1. The van der Waals surface area contributed by atoms with Gasteiger partial charge in [0.1, 0.15) is 0 Å². The molecular weight excluding hydrogens is 228 g/mol. The summed E-state index contributed by atoms with van der Waals surface area (Å²) in [5.41, 5.74) is 0.381. The Labute approximate surface area is 97.9 Å². The lowest BCUT2D eigenvalue weighted by Crippen LogP contribution is -2.03. The quantitative estimate of drug-likeness (QED) is 0.399. The smallest absolute Gasteiger partial charge is 0.172 e. The number of phenolic OH excluding ortho intramolecular Hbond substituents is 2. The number of carbonyl (C=O) groups excluding carboxylic acids is 1. The van der Waals surface area contributed by atoms with E-state index in [0.29, 0.717) is 17.7 Å². The number of carbonyl (C=O) groups is 1. The first-order chi connectivity index (χ1) is 7.65. The summed E-state index contributed by atoms with van der Waals surface area (Å²) in [7, 11) is 0. The van der Waals surface area contributed by atoms with E-state index in [9.17, 15) is 9.90 Å². The van der Waals surface area contributed by atoms with E-state index < -0.39 is 0 Å². The highest BCUT2D eigenvalue weighted by molar-refractivity contribution is 7.99.